The highest BCUT2D eigenvalue weighted by Gasteiger charge is 2.22. The van der Waals surface area contributed by atoms with Crippen molar-refractivity contribution in [2.75, 3.05) is 20.2 Å². The molecule has 10 heteroatoms. The van der Waals surface area contributed by atoms with Crippen molar-refractivity contribution in [2.45, 2.75) is 45.4 Å². The summed E-state index contributed by atoms with van der Waals surface area (Å²) in [7, 11) is 1.66. The van der Waals surface area contributed by atoms with E-state index in [2.05, 4.69) is 33.7 Å². The molecule has 1 unspecified atom stereocenters. The van der Waals surface area contributed by atoms with E-state index in [1.54, 1.807) is 18.4 Å². The fourth-order valence-electron chi connectivity index (χ4n) is 2.95. The highest BCUT2D eigenvalue weighted by atomic mass is 127. The first-order valence-corrected chi connectivity index (χ1v) is 10.1. The zero-order chi connectivity index (χ0) is 18.4. The van der Waals surface area contributed by atoms with Crippen LogP contribution in [0.1, 0.15) is 29.9 Å². The van der Waals surface area contributed by atoms with Gasteiger partial charge in [-0.15, -0.1) is 35.3 Å². The Morgan fingerprint density at radius 2 is 2.33 bits per heavy atom. The summed E-state index contributed by atoms with van der Waals surface area (Å²) in [5, 5.41) is 11.4. The molecule has 0 spiro atoms. The van der Waals surface area contributed by atoms with Crippen LogP contribution in [-0.4, -0.2) is 47.0 Å². The van der Waals surface area contributed by atoms with Crippen LogP contribution >= 0.6 is 46.9 Å². The fraction of sp³-hybridized carbons (Fsp3) is 0.588. The Morgan fingerprint density at radius 3 is 3.04 bits per heavy atom. The van der Waals surface area contributed by atoms with Crippen LogP contribution in [0.4, 0.5) is 0 Å². The summed E-state index contributed by atoms with van der Waals surface area (Å²) in [5.41, 5.74) is 0. The van der Waals surface area contributed by atoms with Gasteiger partial charge in [-0.3, -0.25) is 4.99 Å². The third kappa shape index (κ3) is 6.58. The number of aromatic nitrogens is 3. The molecule has 0 fully saturated rings. The van der Waals surface area contributed by atoms with E-state index >= 15 is 0 Å². The highest BCUT2D eigenvalue weighted by Crippen LogP contribution is 2.21. The van der Waals surface area contributed by atoms with Crippen molar-refractivity contribution in [3.8, 4) is 0 Å². The summed E-state index contributed by atoms with van der Waals surface area (Å²) in [4.78, 5) is 10.5. The average Bonchev–Trinajstić information content (AvgIpc) is 3.20. The summed E-state index contributed by atoms with van der Waals surface area (Å²) in [6.07, 6.45) is 2.81. The maximum Gasteiger partial charge on any atom is 0.191 e. The van der Waals surface area contributed by atoms with E-state index < -0.39 is 0 Å². The lowest BCUT2D eigenvalue weighted by Crippen LogP contribution is -2.47. The summed E-state index contributed by atoms with van der Waals surface area (Å²) in [5.74, 6) is 2.63. The molecule has 27 heavy (non-hydrogen) atoms. The molecule has 150 valence electrons. The minimum atomic E-state index is 0. The number of hydrogen-bond acceptors (Lipinski definition) is 5. The lowest BCUT2D eigenvalue weighted by Gasteiger charge is -2.25. The van der Waals surface area contributed by atoms with Gasteiger partial charge >= 0.3 is 0 Å². The summed E-state index contributed by atoms with van der Waals surface area (Å²) in [6.45, 7) is 4.87. The molecule has 7 nitrogen and oxygen atoms in total. The Hall–Kier alpha value is -0.910. The highest BCUT2D eigenvalue weighted by molar-refractivity contribution is 14.0. The normalized spacial score (nSPS) is 16.6. The van der Waals surface area contributed by atoms with Crippen LogP contribution < -0.4 is 10.6 Å². The van der Waals surface area contributed by atoms with Crippen molar-refractivity contribution in [2.24, 2.45) is 4.99 Å². The van der Waals surface area contributed by atoms with Gasteiger partial charge in [-0.2, -0.15) is 5.10 Å². The zero-order valence-electron chi connectivity index (χ0n) is 15.6. The largest absolute Gasteiger partial charge is 0.377 e. The number of guanidine groups is 1. The molecule has 2 aromatic heterocycles. The zero-order valence-corrected chi connectivity index (χ0v) is 19.5. The molecule has 3 heterocycles. The van der Waals surface area contributed by atoms with Crippen LogP contribution in [0.15, 0.2) is 17.1 Å². The van der Waals surface area contributed by atoms with E-state index in [-0.39, 0.29) is 30.0 Å². The standard InChI is InChI=1S/C17H25ClN6OS.HI/c1-3-19-17(20-9-8-13-5-6-14(18)26-13)21-12-4-7-16-22-15(11-25-2)23-24(16)10-12;/h5-6,12H,3-4,7-11H2,1-2H3,(H2,19,20,21);1H. The third-order valence-corrected chi connectivity index (χ3v) is 5.41. The second-order valence-electron chi connectivity index (χ2n) is 6.16. The molecular formula is C17H26ClIN6OS. The molecular weight excluding hydrogens is 499 g/mol. The van der Waals surface area contributed by atoms with Crippen LogP contribution in [0, 0.1) is 0 Å². The number of fused-ring (bicyclic) bond motifs is 1. The van der Waals surface area contributed by atoms with Gasteiger partial charge in [0.25, 0.3) is 0 Å². The molecule has 3 rings (SSSR count). The van der Waals surface area contributed by atoms with E-state index in [9.17, 15) is 0 Å². The Kier molecular flexibility index (Phi) is 9.27. The number of ether oxygens (including phenoxy) is 1. The topological polar surface area (TPSA) is 76.4 Å². The maximum atomic E-state index is 5.98. The van der Waals surface area contributed by atoms with Gasteiger partial charge in [-0.25, -0.2) is 9.67 Å². The molecule has 0 saturated heterocycles. The Labute approximate surface area is 186 Å². The van der Waals surface area contributed by atoms with Gasteiger partial charge in [0.2, 0.25) is 0 Å². The van der Waals surface area contributed by atoms with Crippen LogP contribution in [0.5, 0.6) is 0 Å². The van der Waals surface area contributed by atoms with Crippen LogP contribution in [-0.2, 0) is 30.7 Å². The Morgan fingerprint density at radius 1 is 1.48 bits per heavy atom. The Bertz CT molecular complexity index is 750. The number of halogens is 2. The number of nitrogens with zero attached hydrogens (tertiary/aromatic N) is 4. The minimum Gasteiger partial charge on any atom is -0.377 e. The van der Waals surface area contributed by atoms with Crippen molar-refractivity contribution in [3.05, 3.63) is 33.0 Å². The second kappa shape index (κ2) is 11.2. The van der Waals surface area contributed by atoms with Crippen LogP contribution in [0.25, 0.3) is 0 Å². The molecule has 0 aliphatic carbocycles. The quantitative estimate of drug-likeness (QED) is 0.331. The van der Waals surface area contributed by atoms with Gasteiger partial charge in [-0.05, 0) is 25.5 Å². The van der Waals surface area contributed by atoms with E-state index in [4.69, 9.17) is 21.3 Å². The van der Waals surface area contributed by atoms with Crippen LogP contribution in [0.3, 0.4) is 0 Å². The fourth-order valence-corrected chi connectivity index (χ4v) is 4.02. The van der Waals surface area contributed by atoms with Crippen LogP contribution in [0.2, 0.25) is 4.34 Å². The molecule has 0 saturated carbocycles. The van der Waals surface area contributed by atoms with E-state index in [1.165, 1.54) is 4.88 Å². The van der Waals surface area contributed by atoms with Gasteiger partial charge in [0, 0.05) is 44.0 Å². The number of hydrogen-bond donors (Lipinski definition) is 2. The summed E-state index contributed by atoms with van der Waals surface area (Å²) >= 11 is 7.59. The number of rotatable bonds is 7. The molecule has 1 aliphatic heterocycles. The molecule has 0 amide bonds. The van der Waals surface area contributed by atoms with Crippen molar-refractivity contribution >= 4 is 52.9 Å². The summed E-state index contributed by atoms with van der Waals surface area (Å²) in [6, 6.07) is 4.28. The number of nitrogens with one attached hydrogen (secondary N) is 2. The van der Waals surface area contributed by atoms with Gasteiger partial charge in [0.15, 0.2) is 11.8 Å². The predicted molar refractivity (Wildman–Crippen MR) is 120 cm³/mol. The van der Waals surface area contributed by atoms with Gasteiger partial charge in [-0.1, -0.05) is 11.6 Å². The van der Waals surface area contributed by atoms with Gasteiger partial charge in [0.05, 0.1) is 10.9 Å². The molecule has 1 aliphatic rings. The monoisotopic (exact) mass is 524 g/mol. The van der Waals surface area contributed by atoms with Crippen molar-refractivity contribution in [1.29, 1.82) is 0 Å². The lowest BCUT2D eigenvalue weighted by atomic mass is 10.1. The molecule has 2 aromatic rings. The van der Waals surface area contributed by atoms with E-state index in [0.29, 0.717) is 6.61 Å². The first-order chi connectivity index (χ1) is 12.7. The average molecular weight is 525 g/mol. The Balaban J connectivity index is 0.00000261. The summed E-state index contributed by atoms with van der Waals surface area (Å²) < 4.78 is 7.93. The predicted octanol–water partition coefficient (Wildman–Crippen LogP) is 2.87. The van der Waals surface area contributed by atoms with Gasteiger partial charge in [0.1, 0.15) is 12.4 Å². The number of methoxy groups -OCH3 is 1. The van der Waals surface area contributed by atoms with Gasteiger partial charge < -0.3 is 15.4 Å². The SMILES string of the molecule is CCNC(=NCCc1ccc(Cl)s1)NC1CCc2nc(COC)nn2C1.I. The first kappa shape index (κ1) is 22.4. The number of aliphatic imine (C=N–C) groups is 1. The minimum absolute atomic E-state index is 0. The molecule has 0 radical (unpaired) electrons. The first-order valence-electron chi connectivity index (χ1n) is 8.88. The van der Waals surface area contributed by atoms with E-state index in [1.807, 2.05) is 10.7 Å². The molecule has 0 aromatic carbocycles. The third-order valence-electron chi connectivity index (χ3n) is 4.12. The van der Waals surface area contributed by atoms with E-state index in [0.717, 1.165) is 60.8 Å². The van der Waals surface area contributed by atoms with Crippen molar-refractivity contribution < 1.29 is 4.74 Å². The molecule has 2 N–H and O–H groups in total. The molecule has 0 bridgehead atoms. The van der Waals surface area contributed by atoms with Crippen molar-refractivity contribution in [3.63, 3.8) is 0 Å². The lowest BCUT2D eigenvalue weighted by molar-refractivity contribution is 0.177. The maximum absolute atomic E-state index is 5.98. The number of thiophene rings is 1. The van der Waals surface area contributed by atoms with Crippen molar-refractivity contribution in [1.82, 2.24) is 25.4 Å². The smallest absolute Gasteiger partial charge is 0.191 e. The molecule has 1 atom stereocenters. The number of aryl methyl sites for hydroxylation is 1. The second-order valence-corrected chi connectivity index (χ2v) is 7.96.